The minimum atomic E-state index is -0.322. The number of amides is 2. The van der Waals surface area contributed by atoms with Crippen LogP contribution in [-0.2, 0) is 16.0 Å². The Kier molecular flexibility index (Phi) is 5.31. The highest BCUT2D eigenvalue weighted by molar-refractivity contribution is 7.98. The summed E-state index contributed by atoms with van der Waals surface area (Å²) in [7, 11) is 1.64. The third-order valence-electron chi connectivity index (χ3n) is 5.59. The molecule has 2 aromatic carbocycles. The van der Waals surface area contributed by atoms with E-state index in [4.69, 9.17) is 4.74 Å². The summed E-state index contributed by atoms with van der Waals surface area (Å²) >= 11 is 1.64. The third kappa shape index (κ3) is 3.37. The average Bonchev–Trinajstić information content (AvgIpc) is 3.30. The number of carbonyl (C=O) groups excluding carboxylic acids is 2. The predicted molar refractivity (Wildman–Crippen MR) is 111 cm³/mol. The zero-order chi connectivity index (χ0) is 19.7. The predicted octanol–water partition coefficient (Wildman–Crippen LogP) is 3.37. The lowest BCUT2D eigenvalue weighted by atomic mass is 10.1. The smallest absolute Gasteiger partial charge is 0.250 e. The monoisotopic (exact) mass is 396 g/mol. The Morgan fingerprint density at radius 2 is 2.04 bits per heavy atom. The molecule has 146 valence electrons. The van der Waals surface area contributed by atoms with Gasteiger partial charge in [-0.05, 0) is 48.9 Å². The van der Waals surface area contributed by atoms with Crippen molar-refractivity contribution in [2.75, 3.05) is 24.8 Å². The summed E-state index contributed by atoms with van der Waals surface area (Å²) in [6.45, 7) is 0.621. The van der Waals surface area contributed by atoms with Crippen molar-refractivity contribution in [2.45, 2.75) is 36.2 Å². The molecule has 2 fully saturated rings. The molecule has 28 heavy (non-hydrogen) atoms. The quantitative estimate of drug-likeness (QED) is 0.703. The number of para-hydroxylation sites is 1. The number of aryl methyl sites for hydroxylation is 1. The van der Waals surface area contributed by atoms with Gasteiger partial charge in [0.1, 0.15) is 11.8 Å². The number of hydrogen-bond donors (Lipinski definition) is 0. The van der Waals surface area contributed by atoms with E-state index in [1.165, 1.54) is 0 Å². The number of hydrogen-bond acceptors (Lipinski definition) is 4. The molecule has 6 heteroatoms. The first kappa shape index (κ1) is 18.9. The van der Waals surface area contributed by atoms with Gasteiger partial charge in [-0.1, -0.05) is 24.3 Å². The van der Waals surface area contributed by atoms with Crippen LogP contribution in [-0.4, -0.2) is 48.7 Å². The minimum absolute atomic E-state index is 0.0486. The van der Waals surface area contributed by atoms with Gasteiger partial charge in [0.05, 0.1) is 18.8 Å². The van der Waals surface area contributed by atoms with Gasteiger partial charge >= 0.3 is 0 Å². The molecule has 2 amide bonds. The van der Waals surface area contributed by atoms with Crippen LogP contribution in [0.25, 0.3) is 0 Å². The van der Waals surface area contributed by atoms with E-state index in [-0.39, 0.29) is 23.9 Å². The number of nitrogens with zero attached hydrogens (tertiary/aromatic N) is 2. The van der Waals surface area contributed by atoms with Gasteiger partial charge in [0.15, 0.2) is 0 Å². The highest BCUT2D eigenvalue weighted by Gasteiger charge is 2.51. The number of piperazine rings is 1. The van der Waals surface area contributed by atoms with Crippen LogP contribution in [0.15, 0.2) is 53.4 Å². The number of benzene rings is 2. The van der Waals surface area contributed by atoms with E-state index in [9.17, 15) is 9.59 Å². The van der Waals surface area contributed by atoms with Crippen molar-refractivity contribution in [3.63, 3.8) is 0 Å². The Hall–Kier alpha value is -2.47. The second-order valence-corrected chi connectivity index (χ2v) is 8.03. The fourth-order valence-electron chi connectivity index (χ4n) is 4.22. The number of carbonyl (C=O) groups is 2. The van der Waals surface area contributed by atoms with Crippen LogP contribution in [0.3, 0.4) is 0 Å². The van der Waals surface area contributed by atoms with Gasteiger partial charge < -0.3 is 14.5 Å². The lowest BCUT2D eigenvalue weighted by Gasteiger charge is -2.34. The molecule has 0 saturated carbocycles. The van der Waals surface area contributed by atoms with E-state index in [0.29, 0.717) is 19.4 Å². The summed E-state index contributed by atoms with van der Waals surface area (Å²) in [5.41, 5.74) is 2.04. The molecule has 4 rings (SSSR count). The van der Waals surface area contributed by atoms with Crippen LogP contribution in [0.5, 0.6) is 5.75 Å². The fraction of sp³-hybridized carbons (Fsp3) is 0.364. The molecule has 0 radical (unpaired) electrons. The lowest BCUT2D eigenvalue weighted by Crippen LogP contribution is -2.52. The molecule has 0 spiro atoms. The Labute approximate surface area is 169 Å². The van der Waals surface area contributed by atoms with Crippen molar-refractivity contribution < 1.29 is 14.3 Å². The molecule has 0 N–H and O–H groups in total. The first-order valence-electron chi connectivity index (χ1n) is 9.51. The van der Waals surface area contributed by atoms with Crippen molar-refractivity contribution in [2.24, 2.45) is 0 Å². The van der Waals surface area contributed by atoms with E-state index in [1.54, 1.807) is 23.8 Å². The van der Waals surface area contributed by atoms with E-state index >= 15 is 0 Å². The molecule has 2 aliphatic rings. The molecule has 2 atom stereocenters. The Morgan fingerprint density at radius 1 is 1.21 bits per heavy atom. The maximum absolute atomic E-state index is 13.0. The molecular weight excluding hydrogens is 372 g/mol. The van der Waals surface area contributed by atoms with Crippen molar-refractivity contribution in [3.8, 4) is 5.75 Å². The first-order valence-corrected chi connectivity index (χ1v) is 10.7. The molecular formula is C22H24N2O3S. The van der Waals surface area contributed by atoms with E-state index < -0.39 is 0 Å². The maximum Gasteiger partial charge on any atom is 0.250 e. The Balaban J connectivity index is 1.42. The van der Waals surface area contributed by atoms with Crippen LogP contribution in [0.2, 0.25) is 0 Å². The van der Waals surface area contributed by atoms with Crippen molar-refractivity contribution in [1.29, 1.82) is 0 Å². The van der Waals surface area contributed by atoms with E-state index in [0.717, 1.165) is 28.3 Å². The van der Waals surface area contributed by atoms with Gasteiger partial charge in [-0.15, -0.1) is 11.8 Å². The number of rotatable bonds is 6. The van der Waals surface area contributed by atoms with Crippen molar-refractivity contribution in [3.05, 3.63) is 54.1 Å². The number of anilines is 1. The number of thioether (sulfide) groups is 1. The molecule has 2 saturated heterocycles. The number of fused-ring (bicyclic) bond motifs is 2. The molecule has 0 aliphatic carbocycles. The first-order chi connectivity index (χ1) is 13.6. The molecule has 2 aromatic rings. The summed E-state index contributed by atoms with van der Waals surface area (Å²) in [5, 5.41) is 0. The topological polar surface area (TPSA) is 49.9 Å². The van der Waals surface area contributed by atoms with Gasteiger partial charge in [0, 0.05) is 17.9 Å². The number of likely N-dealkylation sites (tertiary alicyclic amines) is 1. The second-order valence-electron chi connectivity index (χ2n) is 7.18. The van der Waals surface area contributed by atoms with Gasteiger partial charge in [-0.2, -0.15) is 0 Å². The molecule has 2 heterocycles. The van der Waals surface area contributed by atoms with Gasteiger partial charge in [-0.25, -0.2) is 0 Å². The number of ether oxygens (including phenoxy) is 1. The standard InChI is InChI=1S/C22H24N2O3S/c1-27-17-7-5-6-15(12-17)10-11-21(25)23-14-16-13-19(23)22(26)24(16)18-8-3-4-9-20(18)28-2/h3-9,12,16,19H,10-11,13-14H2,1-2H3/t16-,19-/m0/s1. The maximum atomic E-state index is 13.0. The minimum Gasteiger partial charge on any atom is -0.497 e. The highest BCUT2D eigenvalue weighted by Crippen LogP contribution is 2.39. The van der Waals surface area contributed by atoms with Crippen LogP contribution in [0, 0.1) is 0 Å². The molecule has 0 aromatic heterocycles. The van der Waals surface area contributed by atoms with Gasteiger partial charge in [0.2, 0.25) is 11.8 Å². The van der Waals surface area contributed by atoms with E-state index in [2.05, 4.69) is 0 Å². The Bertz CT molecular complexity index is 901. The normalized spacial score (nSPS) is 20.7. The van der Waals surface area contributed by atoms with Gasteiger partial charge in [0.25, 0.3) is 0 Å². The summed E-state index contributed by atoms with van der Waals surface area (Å²) in [4.78, 5) is 30.6. The largest absolute Gasteiger partial charge is 0.497 e. The molecule has 5 nitrogen and oxygen atoms in total. The van der Waals surface area contributed by atoms with Crippen LogP contribution < -0.4 is 9.64 Å². The SMILES string of the molecule is COc1cccc(CCC(=O)N2C[C@@H]3C[C@H]2C(=O)N3c2ccccc2SC)c1. The summed E-state index contributed by atoms with van der Waals surface area (Å²) in [6, 6.07) is 15.5. The summed E-state index contributed by atoms with van der Waals surface area (Å²) in [6.07, 6.45) is 3.81. The number of methoxy groups -OCH3 is 1. The highest BCUT2D eigenvalue weighted by atomic mass is 32.2. The lowest BCUT2D eigenvalue weighted by molar-refractivity contribution is -0.138. The fourth-order valence-corrected chi connectivity index (χ4v) is 4.81. The molecule has 2 bridgehead atoms. The van der Waals surface area contributed by atoms with Gasteiger partial charge in [-0.3, -0.25) is 9.59 Å². The molecule has 2 aliphatic heterocycles. The third-order valence-corrected chi connectivity index (χ3v) is 6.38. The van der Waals surface area contributed by atoms with Crippen LogP contribution >= 0.6 is 11.8 Å². The van der Waals surface area contributed by atoms with Crippen LogP contribution in [0.4, 0.5) is 5.69 Å². The Morgan fingerprint density at radius 3 is 2.79 bits per heavy atom. The second kappa shape index (κ2) is 7.87. The van der Waals surface area contributed by atoms with E-state index in [1.807, 2.05) is 59.7 Å². The zero-order valence-corrected chi connectivity index (χ0v) is 16.9. The van der Waals surface area contributed by atoms with Crippen LogP contribution in [0.1, 0.15) is 18.4 Å². The average molecular weight is 397 g/mol. The van der Waals surface area contributed by atoms with Crippen molar-refractivity contribution in [1.82, 2.24) is 4.90 Å². The summed E-state index contributed by atoms with van der Waals surface area (Å²) < 4.78 is 5.24. The summed E-state index contributed by atoms with van der Waals surface area (Å²) in [5.74, 6) is 0.900. The molecule has 0 unspecified atom stereocenters. The zero-order valence-electron chi connectivity index (χ0n) is 16.1. The van der Waals surface area contributed by atoms with Crippen molar-refractivity contribution >= 4 is 29.3 Å².